The standard InChI is InChI=1S/C18H17N3O4/c1-11-18(24)21(14-7-2-3-8-15(14)25-11)10-16(22)20-13-6-4-5-12(9-13)17(19)23/h2-9,11H,10H2,1H3,(H2,19,23)(H,20,22)/t11-/m0/s1. The normalized spacial score (nSPS) is 16.0. The van der Waals surface area contributed by atoms with Crippen LogP contribution < -0.4 is 20.7 Å². The van der Waals surface area contributed by atoms with Crippen LogP contribution in [0, 0.1) is 0 Å². The number of fused-ring (bicyclic) bond motifs is 1. The highest BCUT2D eigenvalue weighted by Gasteiger charge is 2.32. The van der Waals surface area contributed by atoms with Gasteiger partial charge in [-0.3, -0.25) is 19.3 Å². The molecule has 3 rings (SSSR count). The Morgan fingerprint density at radius 2 is 1.96 bits per heavy atom. The predicted octanol–water partition coefficient (Wildman–Crippen LogP) is 1.54. The highest BCUT2D eigenvalue weighted by molar-refractivity contribution is 6.06. The number of nitrogens with zero attached hydrogens (tertiary/aromatic N) is 1. The van der Waals surface area contributed by atoms with E-state index < -0.39 is 12.0 Å². The molecule has 0 aromatic heterocycles. The summed E-state index contributed by atoms with van der Waals surface area (Å²) in [5.74, 6) is -0.709. The van der Waals surface area contributed by atoms with Crippen molar-refractivity contribution in [3.05, 3.63) is 54.1 Å². The number of amides is 3. The maximum atomic E-state index is 12.4. The lowest BCUT2D eigenvalue weighted by atomic mass is 10.1. The van der Waals surface area contributed by atoms with E-state index in [-0.39, 0.29) is 18.4 Å². The Hall–Kier alpha value is -3.35. The zero-order chi connectivity index (χ0) is 18.0. The minimum absolute atomic E-state index is 0.162. The topological polar surface area (TPSA) is 102 Å². The number of rotatable bonds is 4. The molecule has 1 aliphatic rings. The maximum Gasteiger partial charge on any atom is 0.268 e. The van der Waals surface area contributed by atoms with E-state index in [0.29, 0.717) is 22.7 Å². The number of nitrogens with one attached hydrogen (secondary N) is 1. The first-order valence-electron chi connectivity index (χ1n) is 7.72. The number of carbonyl (C=O) groups excluding carboxylic acids is 3. The summed E-state index contributed by atoms with van der Waals surface area (Å²) < 4.78 is 5.54. The zero-order valence-electron chi connectivity index (χ0n) is 13.6. The second-order valence-corrected chi connectivity index (χ2v) is 5.65. The van der Waals surface area contributed by atoms with Crippen molar-refractivity contribution in [2.24, 2.45) is 5.73 Å². The molecule has 0 fully saturated rings. The fourth-order valence-corrected chi connectivity index (χ4v) is 2.62. The number of benzene rings is 2. The van der Waals surface area contributed by atoms with Gasteiger partial charge in [-0.2, -0.15) is 0 Å². The molecule has 3 N–H and O–H groups in total. The van der Waals surface area contributed by atoms with Crippen molar-refractivity contribution < 1.29 is 19.1 Å². The Morgan fingerprint density at radius 1 is 1.20 bits per heavy atom. The minimum Gasteiger partial charge on any atom is -0.479 e. The van der Waals surface area contributed by atoms with Gasteiger partial charge in [-0.1, -0.05) is 18.2 Å². The van der Waals surface area contributed by atoms with Crippen LogP contribution in [0.5, 0.6) is 5.75 Å². The summed E-state index contributed by atoms with van der Waals surface area (Å²) in [7, 11) is 0. The second kappa shape index (κ2) is 6.64. The molecule has 0 bridgehead atoms. The summed E-state index contributed by atoms with van der Waals surface area (Å²) in [6, 6.07) is 13.3. The van der Waals surface area contributed by atoms with Crippen molar-refractivity contribution in [2.45, 2.75) is 13.0 Å². The molecule has 7 nitrogen and oxygen atoms in total. The Labute approximate surface area is 144 Å². The van der Waals surface area contributed by atoms with Gasteiger partial charge in [-0.05, 0) is 37.3 Å². The molecule has 0 unspecified atom stereocenters. The SMILES string of the molecule is C[C@@H]1Oc2ccccc2N(CC(=O)Nc2cccc(C(N)=O)c2)C1=O. The van der Waals surface area contributed by atoms with Gasteiger partial charge in [0.05, 0.1) is 5.69 Å². The average molecular weight is 339 g/mol. The molecule has 0 saturated carbocycles. The highest BCUT2D eigenvalue weighted by atomic mass is 16.5. The fourth-order valence-electron chi connectivity index (χ4n) is 2.62. The van der Waals surface area contributed by atoms with Crippen molar-refractivity contribution in [1.29, 1.82) is 0 Å². The first kappa shape index (κ1) is 16.5. The van der Waals surface area contributed by atoms with Crippen molar-refractivity contribution in [1.82, 2.24) is 0 Å². The maximum absolute atomic E-state index is 12.4. The van der Waals surface area contributed by atoms with Crippen molar-refractivity contribution in [2.75, 3.05) is 16.8 Å². The monoisotopic (exact) mass is 339 g/mol. The van der Waals surface area contributed by atoms with Gasteiger partial charge >= 0.3 is 0 Å². The molecule has 25 heavy (non-hydrogen) atoms. The third-order valence-corrected chi connectivity index (χ3v) is 3.81. The smallest absolute Gasteiger partial charge is 0.268 e. The van der Waals surface area contributed by atoms with Crippen LogP contribution in [0.1, 0.15) is 17.3 Å². The molecule has 0 aliphatic carbocycles. The van der Waals surface area contributed by atoms with Gasteiger partial charge in [0.2, 0.25) is 11.8 Å². The molecule has 3 amide bonds. The Bertz CT molecular complexity index is 850. The van der Waals surface area contributed by atoms with Crippen LogP contribution in [0.4, 0.5) is 11.4 Å². The molecular formula is C18H17N3O4. The van der Waals surface area contributed by atoms with Gasteiger partial charge in [-0.15, -0.1) is 0 Å². The molecule has 0 radical (unpaired) electrons. The third kappa shape index (κ3) is 3.45. The van der Waals surface area contributed by atoms with E-state index in [2.05, 4.69) is 5.32 Å². The van der Waals surface area contributed by atoms with Crippen LogP contribution in [-0.4, -0.2) is 30.4 Å². The zero-order valence-corrected chi connectivity index (χ0v) is 13.6. The number of primary amides is 1. The van der Waals surface area contributed by atoms with Gasteiger partial charge in [-0.25, -0.2) is 0 Å². The van der Waals surface area contributed by atoms with Crippen LogP contribution in [0.15, 0.2) is 48.5 Å². The van der Waals surface area contributed by atoms with Crippen molar-refractivity contribution >= 4 is 29.1 Å². The number of nitrogens with two attached hydrogens (primary N) is 1. The molecule has 7 heteroatoms. The quantitative estimate of drug-likeness (QED) is 0.882. The lowest BCUT2D eigenvalue weighted by molar-refractivity contribution is -0.127. The van der Waals surface area contributed by atoms with Gasteiger partial charge in [0.25, 0.3) is 5.91 Å². The van der Waals surface area contributed by atoms with Crippen molar-refractivity contribution in [3.8, 4) is 5.75 Å². The first-order chi connectivity index (χ1) is 12.0. The van der Waals surface area contributed by atoms with E-state index >= 15 is 0 Å². The highest BCUT2D eigenvalue weighted by Crippen LogP contribution is 2.33. The Morgan fingerprint density at radius 3 is 2.72 bits per heavy atom. The van der Waals surface area contributed by atoms with E-state index in [0.717, 1.165) is 0 Å². The van der Waals surface area contributed by atoms with Gasteiger partial charge in [0.15, 0.2) is 6.10 Å². The largest absolute Gasteiger partial charge is 0.479 e. The van der Waals surface area contributed by atoms with Crippen LogP contribution in [0.3, 0.4) is 0 Å². The van der Waals surface area contributed by atoms with E-state index in [1.165, 1.54) is 11.0 Å². The molecular weight excluding hydrogens is 322 g/mol. The molecule has 128 valence electrons. The molecule has 1 heterocycles. The summed E-state index contributed by atoms with van der Waals surface area (Å²) in [5.41, 5.74) is 6.50. The van der Waals surface area contributed by atoms with Gasteiger partial charge < -0.3 is 15.8 Å². The summed E-state index contributed by atoms with van der Waals surface area (Å²) in [6.45, 7) is 1.48. The number of hydrogen-bond acceptors (Lipinski definition) is 4. The fraction of sp³-hybridized carbons (Fsp3) is 0.167. The number of ether oxygens (including phenoxy) is 1. The summed E-state index contributed by atoms with van der Waals surface area (Å²) in [4.78, 5) is 37.3. The molecule has 0 saturated heterocycles. The Balaban J connectivity index is 1.77. The van der Waals surface area contributed by atoms with Crippen molar-refractivity contribution in [3.63, 3.8) is 0 Å². The molecule has 1 atom stereocenters. The number of para-hydroxylation sites is 2. The van der Waals surface area contributed by atoms with Gasteiger partial charge in [0.1, 0.15) is 12.3 Å². The molecule has 2 aromatic carbocycles. The van der Waals surface area contributed by atoms with E-state index in [4.69, 9.17) is 10.5 Å². The minimum atomic E-state index is -0.666. The average Bonchev–Trinajstić information content (AvgIpc) is 2.59. The Kier molecular flexibility index (Phi) is 4.38. The van der Waals surface area contributed by atoms with E-state index in [9.17, 15) is 14.4 Å². The molecule has 1 aliphatic heterocycles. The summed E-state index contributed by atoms with van der Waals surface area (Å²) >= 11 is 0. The lowest BCUT2D eigenvalue weighted by Gasteiger charge is -2.32. The third-order valence-electron chi connectivity index (χ3n) is 3.81. The van der Waals surface area contributed by atoms with Gasteiger partial charge in [0, 0.05) is 11.3 Å². The predicted molar refractivity (Wildman–Crippen MR) is 92.5 cm³/mol. The van der Waals surface area contributed by atoms with Crippen LogP contribution >= 0.6 is 0 Å². The lowest BCUT2D eigenvalue weighted by Crippen LogP contribution is -2.47. The van der Waals surface area contributed by atoms with E-state index in [1.54, 1.807) is 49.4 Å². The first-order valence-corrected chi connectivity index (χ1v) is 7.72. The second-order valence-electron chi connectivity index (χ2n) is 5.65. The number of hydrogen-bond donors (Lipinski definition) is 2. The van der Waals surface area contributed by atoms with E-state index in [1.807, 2.05) is 0 Å². The van der Waals surface area contributed by atoms with Crippen LogP contribution in [0.25, 0.3) is 0 Å². The van der Waals surface area contributed by atoms with Crippen LogP contribution in [0.2, 0.25) is 0 Å². The number of carbonyl (C=O) groups is 3. The molecule has 2 aromatic rings. The number of anilines is 2. The van der Waals surface area contributed by atoms with Crippen LogP contribution in [-0.2, 0) is 9.59 Å². The molecule has 0 spiro atoms. The summed E-state index contributed by atoms with van der Waals surface area (Å²) in [6.07, 6.45) is -0.666. The summed E-state index contributed by atoms with van der Waals surface area (Å²) in [5, 5.41) is 2.67.